The van der Waals surface area contributed by atoms with E-state index in [-0.39, 0.29) is 42.5 Å². The number of nitrogens with zero attached hydrogens (tertiary/aromatic N) is 3. The summed E-state index contributed by atoms with van der Waals surface area (Å²) in [5.41, 5.74) is -2.72. The first-order valence-corrected chi connectivity index (χ1v) is 9.94. The Labute approximate surface area is 198 Å². The fourth-order valence-corrected chi connectivity index (χ4v) is 2.93. The average molecular weight is 671 g/mol. The van der Waals surface area contributed by atoms with Crippen molar-refractivity contribution in [1.82, 2.24) is 15.0 Å². The van der Waals surface area contributed by atoms with Crippen LogP contribution in [0.5, 0.6) is 0 Å². The van der Waals surface area contributed by atoms with Crippen LogP contribution < -0.4 is 0 Å². The van der Waals surface area contributed by atoms with Crippen LogP contribution in [-0.2, 0) is 42.6 Å². The molecule has 0 amide bonds. The number of halogens is 6. The first kappa shape index (κ1) is 28.6. The Morgan fingerprint density at radius 3 is 2.03 bits per heavy atom. The molecular formula is C19H14F6IrN3O3S-. The van der Waals surface area contributed by atoms with E-state index in [1.165, 1.54) is 30.5 Å². The van der Waals surface area contributed by atoms with Crippen LogP contribution in [0, 0.1) is 19.9 Å². The van der Waals surface area contributed by atoms with Crippen molar-refractivity contribution in [2.24, 2.45) is 0 Å². The van der Waals surface area contributed by atoms with Crippen molar-refractivity contribution in [3.05, 3.63) is 71.3 Å². The molecule has 0 spiro atoms. The van der Waals surface area contributed by atoms with E-state index in [0.717, 1.165) is 0 Å². The van der Waals surface area contributed by atoms with E-state index in [2.05, 4.69) is 15.0 Å². The van der Waals surface area contributed by atoms with E-state index in [0.29, 0.717) is 17.6 Å². The quantitative estimate of drug-likeness (QED) is 0.180. The molecule has 3 rings (SSSR count). The van der Waals surface area contributed by atoms with Gasteiger partial charge in [-0.25, -0.2) is 9.97 Å². The molecule has 0 aliphatic rings. The fourth-order valence-electron chi connectivity index (χ4n) is 2.36. The number of pyridine rings is 1. The molecule has 3 aromatic rings. The molecule has 14 heteroatoms. The maximum Gasteiger partial charge on any atom is 0.399 e. The summed E-state index contributed by atoms with van der Waals surface area (Å²) in [4.78, 5) is 11.1. The van der Waals surface area contributed by atoms with Gasteiger partial charge in [0.1, 0.15) is 5.82 Å². The summed E-state index contributed by atoms with van der Waals surface area (Å²) in [6, 6.07) is 8.04. The molecule has 2 aromatic heterocycles. The summed E-state index contributed by atoms with van der Waals surface area (Å²) < 4.78 is 106. The van der Waals surface area contributed by atoms with Crippen LogP contribution in [0.15, 0.2) is 47.6 Å². The minimum atomic E-state index is -4.91. The molecule has 0 aliphatic heterocycles. The maximum atomic E-state index is 12.7. The van der Waals surface area contributed by atoms with Crippen molar-refractivity contribution >= 4 is 10.1 Å². The van der Waals surface area contributed by atoms with Crippen molar-refractivity contribution < 1.29 is 59.4 Å². The van der Waals surface area contributed by atoms with Gasteiger partial charge in [0.25, 0.3) is 0 Å². The summed E-state index contributed by atoms with van der Waals surface area (Å²) in [6.45, 7) is 3.19. The van der Waals surface area contributed by atoms with Crippen molar-refractivity contribution in [1.29, 1.82) is 0 Å². The van der Waals surface area contributed by atoms with E-state index in [9.17, 15) is 34.8 Å². The Balaban J connectivity index is 0.000000361. The molecule has 2 heterocycles. The van der Waals surface area contributed by atoms with Gasteiger partial charge in [0.2, 0.25) is 0 Å². The average Bonchev–Trinajstić information content (AvgIpc) is 2.66. The molecule has 1 radical (unpaired) electrons. The van der Waals surface area contributed by atoms with E-state index in [4.69, 9.17) is 4.55 Å². The third-order valence-corrected chi connectivity index (χ3v) is 4.39. The van der Waals surface area contributed by atoms with Gasteiger partial charge in [0, 0.05) is 32.0 Å². The first-order chi connectivity index (χ1) is 14.6. The largest absolute Gasteiger partial charge is 0.399 e. The third-order valence-electron chi connectivity index (χ3n) is 3.65. The van der Waals surface area contributed by atoms with Gasteiger partial charge in [-0.3, -0.25) is 4.55 Å². The molecule has 1 aromatic carbocycles. The standard InChI is InChI=1S/C13H6F6N.C6H8N2O3S.Ir/c14-12(15,16)9-5-8(11-3-1-2-4-20-11)6-10(7-9)13(17,18)19;1-4-3-6(12(9,10)11)8-5(2)7-4;/h1-5,7H;3H,1-2H3,(H,9,10,11);/q-1;;. The fraction of sp³-hybridized carbons (Fsp3) is 0.211. The van der Waals surface area contributed by atoms with Crippen molar-refractivity contribution in [3.63, 3.8) is 0 Å². The summed E-state index contributed by atoms with van der Waals surface area (Å²) in [6.07, 6.45) is -8.51. The number of hydrogen-bond acceptors (Lipinski definition) is 5. The van der Waals surface area contributed by atoms with Crippen LogP contribution in [0.3, 0.4) is 0 Å². The number of benzene rings is 1. The number of alkyl halides is 6. The second-order valence-corrected chi connectivity index (χ2v) is 7.65. The third kappa shape index (κ3) is 8.46. The summed E-state index contributed by atoms with van der Waals surface area (Å²) in [5.74, 6) is 0.322. The zero-order valence-corrected chi connectivity index (χ0v) is 19.9. The molecule has 181 valence electrons. The smallest absolute Gasteiger partial charge is 0.305 e. The van der Waals surface area contributed by atoms with Gasteiger partial charge in [-0.05, 0) is 42.8 Å². The number of rotatable bonds is 2. The van der Waals surface area contributed by atoms with Crippen LogP contribution in [0.2, 0.25) is 0 Å². The molecule has 0 bridgehead atoms. The number of aromatic nitrogens is 3. The van der Waals surface area contributed by atoms with Gasteiger partial charge >= 0.3 is 22.5 Å². The molecule has 0 saturated carbocycles. The molecule has 0 aliphatic carbocycles. The molecule has 33 heavy (non-hydrogen) atoms. The summed E-state index contributed by atoms with van der Waals surface area (Å²) in [7, 11) is -4.20. The van der Waals surface area contributed by atoms with Gasteiger partial charge in [-0.15, -0.1) is 23.8 Å². The Morgan fingerprint density at radius 1 is 0.939 bits per heavy atom. The Kier molecular flexibility index (Phi) is 9.26. The monoisotopic (exact) mass is 671 g/mol. The van der Waals surface area contributed by atoms with Crippen LogP contribution in [0.4, 0.5) is 26.3 Å². The zero-order valence-electron chi connectivity index (χ0n) is 16.7. The van der Waals surface area contributed by atoms with Crippen molar-refractivity contribution in [2.45, 2.75) is 31.2 Å². The predicted octanol–water partition coefficient (Wildman–Crippen LogP) is 4.92. The van der Waals surface area contributed by atoms with Gasteiger partial charge in [0.05, 0.1) is 0 Å². The first-order valence-electron chi connectivity index (χ1n) is 8.50. The SMILES string of the molecule is Cc1cc(S(=O)(=O)O)nc(C)n1.FC(F)(F)c1[c-]c(-c2ccccn2)cc(C(F)(F)F)c1.[Ir]. The molecule has 0 saturated heterocycles. The number of hydrogen-bond donors (Lipinski definition) is 1. The molecular weight excluding hydrogens is 656 g/mol. The molecule has 1 N–H and O–H groups in total. The van der Waals surface area contributed by atoms with Crippen molar-refractivity contribution in [3.8, 4) is 11.3 Å². The van der Waals surface area contributed by atoms with E-state index in [1.807, 2.05) is 6.07 Å². The van der Waals surface area contributed by atoms with Gasteiger partial charge in [-0.1, -0.05) is 12.1 Å². The molecule has 6 nitrogen and oxygen atoms in total. The minimum absolute atomic E-state index is 0. The zero-order chi connectivity index (χ0) is 24.3. The predicted molar refractivity (Wildman–Crippen MR) is 99.8 cm³/mol. The molecule has 0 atom stereocenters. The van der Waals surface area contributed by atoms with Crippen LogP contribution in [0.1, 0.15) is 22.6 Å². The van der Waals surface area contributed by atoms with Crippen LogP contribution in [0.25, 0.3) is 11.3 Å². The minimum Gasteiger partial charge on any atom is -0.305 e. The van der Waals surface area contributed by atoms with Gasteiger partial charge < -0.3 is 4.98 Å². The maximum absolute atomic E-state index is 12.7. The topological polar surface area (TPSA) is 93.0 Å². The van der Waals surface area contributed by atoms with Gasteiger partial charge in [-0.2, -0.15) is 34.8 Å². The Morgan fingerprint density at radius 2 is 1.58 bits per heavy atom. The van der Waals surface area contributed by atoms with Crippen LogP contribution >= 0.6 is 0 Å². The normalized spacial score (nSPS) is 11.8. The van der Waals surface area contributed by atoms with Gasteiger partial charge in [0.15, 0.2) is 5.03 Å². The Hall–Kier alpha value is -2.41. The molecule has 0 unspecified atom stereocenters. The second-order valence-electron chi connectivity index (χ2n) is 6.28. The van der Waals surface area contributed by atoms with E-state index >= 15 is 0 Å². The van der Waals surface area contributed by atoms with E-state index < -0.39 is 33.6 Å². The molecule has 0 fully saturated rings. The van der Waals surface area contributed by atoms with Crippen LogP contribution in [-0.4, -0.2) is 27.9 Å². The second kappa shape index (κ2) is 10.7. The number of aryl methyl sites for hydroxylation is 2. The summed E-state index contributed by atoms with van der Waals surface area (Å²) in [5, 5.41) is -0.354. The Bertz CT molecular complexity index is 1150. The van der Waals surface area contributed by atoms with Crippen molar-refractivity contribution in [2.75, 3.05) is 0 Å². The van der Waals surface area contributed by atoms with E-state index in [1.54, 1.807) is 13.8 Å². The summed E-state index contributed by atoms with van der Waals surface area (Å²) >= 11 is 0.